The van der Waals surface area contributed by atoms with Crippen LogP contribution in [0.1, 0.15) is 46.6 Å². The van der Waals surface area contributed by atoms with Crippen LogP contribution >= 0.6 is 0 Å². The highest BCUT2D eigenvalue weighted by Crippen LogP contribution is 2.43. The maximum atomic E-state index is 6.11. The summed E-state index contributed by atoms with van der Waals surface area (Å²) in [4.78, 5) is 5.72. The highest BCUT2D eigenvalue weighted by Gasteiger charge is 2.61. The first kappa shape index (κ1) is 14.6. The van der Waals surface area contributed by atoms with Gasteiger partial charge in [0.2, 0.25) is 0 Å². The van der Waals surface area contributed by atoms with Crippen molar-refractivity contribution in [3.63, 3.8) is 0 Å². The zero-order chi connectivity index (χ0) is 15.3. The number of oxime groups is 1. The SMILES string of the molecule is CC1(C)OB([C@]2(C)CC(c3ccccc3)=NO2)OC1(C)C. The van der Waals surface area contributed by atoms with Crippen LogP contribution in [0.3, 0.4) is 0 Å². The van der Waals surface area contributed by atoms with Gasteiger partial charge in [-0.15, -0.1) is 0 Å². The van der Waals surface area contributed by atoms with Gasteiger partial charge >= 0.3 is 7.12 Å². The van der Waals surface area contributed by atoms with E-state index in [4.69, 9.17) is 14.1 Å². The van der Waals surface area contributed by atoms with E-state index >= 15 is 0 Å². The summed E-state index contributed by atoms with van der Waals surface area (Å²) in [6.07, 6.45) is 0.674. The molecule has 112 valence electrons. The largest absolute Gasteiger partial charge is 0.508 e. The Balaban J connectivity index is 1.77. The van der Waals surface area contributed by atoms with Crippen molar-refractivity contribution in [3.05, 3.63) is 35.9 Å². The van der Waals surface area contributed by atoms with Gasteiger partial charge in [0.15, 0.2) is 5.50 Å². The summed E-state index contributed by atoms with van der Waals surface area (Å²) in [6, 6.07) is 10.1. The number of hydrogen-bond acceptors (Lipinski definition) is 4. The van der Waals surface area contributed by atoms with Crippen LogP contribution in [-0.4, -0.2) is 29.5 Å². The Bertz CT molecular complexity index is 554. The first-order chi connectivity index (χ1) is 9.74. The van der Waals surface area contributed by atoms with E-state index in [-0.39, 0.29) is 11.2 Å². The van der Waals surface area contributed by atoms with Crippen molar-refractivity contribution < 1.29 is 14.1 Å². The summed E-state index contributed by atoms with van der Waals surface area (Å²) in [5.74, 6) is 0. The van der Waals surface area contributed by atoms with Gasteiger partial charge in [0, 0.05) is 6.42 Å². The van der Waals surface area contributed by atoms with Crippen LogP contribution in [0.2, 0.25) is 0 Å². The number of nitrogens with zero attached hydrogens (tertiary/aromatic N) is 1. The van der Waals surface area contributed by atoms with Crippen molar-refractivity contribution in [2.24, 2.45) is 5.16 Å². The number of rotatable bonds is 2. The molecule has 0 aliphatic carbocycles. The summed E-state index contributed by atoms with van der Waals surface area (Å²) >= 11 is 0. The molecule has 0 spiro atoms. The van der Waals surface area contributed by atoms with E-state index in [9.17, 15) is 0 Å². The molecule has 21 heavy (non-hydrogen) atoms. The Morgan fingerprint density at radius 2 is 1.52 bits per heavy atom. The molecule has 0 saturated carbocycles. The Kier molecular flexibility index (Phi) is 3.19. The average molecular weight is 287 g/mol. The van der Waals surface area contributed by atoms with Gasteiger partial charge < -0.3 is 14.1 Å². The number of benzene rings is 1. The molecule has 0 unspecified atom stereocenters. The van der Waals surface area contributed by atoms with Crippen LogP contribution in [0.5, 0.6) is 0 Å². The van der Waals surface area contributed by atoms with Crippen LogP contribution in [0.25, 0.3) is 0 Å². The quantitative estimate of drug-likeness (QED) is 0.784. The molecule has 0 N–H and O–H groups in total. The fourth-order valence-electron chi connectivity index (χ4n) is 2.56. The lowest BCUT2D eigenvalue weighted by molar-refractivity contribution is 0.00578. The van der Waals surface area contributed by atoms with Gasteiger partial charge in [-0.3, -0.25) is 0 Å². The Morgan fingerprint density at radius 3 is 2.10 bits per heavy atom. The third kappa shape index (κ3) is 2.38. The molecule has 0 radical (unpaired) electrons. The molecule has 1 atom stereocenters. The smallest absolute Gasteiger partial charge is 0.401 e. The van der Waals surface area contributed by atoms with Gasteiger partial charge in [0.25, 0.3) is 0 Å². The second-order valence-electron chi connectivity index (χ2n) is 7.07. The first-order valence-corrected chi connectivity index (χ1v) is 7.40. The van der Waals surface area contributed by atoms with E-state index in [1.165, 1.54) is 0 Å². The molecular weight excluding hydrogens is 265 g/mol. The molecule has 4 nitrogen and oxygen atoms in total. The minimum absolute atomic E-state index is 0.362. The van der Waals surface area contributed by atoms with E-state index < -0.39 is 12.6 Å². The van der Waals surface area contributed by atoms with Crippen LogP contribution < -0.4 is 0 Å². The summed E-state index contributed by atoms with van der Waals surface area (Å²) < 4.78 is 12.2. The first-order valence-electron chi connectivity index (χ1n) is 7.40. The third-order valence-electron chi connectivity index (χ3n) is 4.74. The monoisotopic (exact) mass is 287 g/mol. The van der Waals surface area contributed by atoms with E-state index in [2.05, 4.69) is 5.16 Å². The lowest BCUT2D eigenvalue weighted by Crippen LogP contribution is -2.46. The van der Waals surface area contributed by atoms with Crippen molar-refractivity contribution in [2.75, 3.05) is 0 Å². The van der Waals surface area contributed by atoms with Gasteiger partial charge in [0.1, 0.15) is 0 Å². The molecule has 0 amide bonds. The molecule has 3 rings (SSSR count). The fraction of sp³-hybridized carbons (Fsp3) is 0.562. The van der Waals surface area contributed by atoms with Crippen molar-refractivity contribution in [1.82, 2.24) is 0 Å². The second-order valence-corrected chi connectivity index (χ2v) is 7.07. The van der Waals surface area contributed by atoms with E-state index in [1.807, 2.05) is 65.0 Å². The van der Waals surface area contributed by atoms with Gasteiger partial charge in [-0.25, -0.2) is 0 Å². The number of hydrogen-bond donors (Lipinski definition) is 0. The fourth-order valence-corrected chi connectivity index (χ4v) is 2.56. The van der Waals surface area contributed by atoms with Gasteiger partial charge in [-0.2, -0.15) is 0 Å². The maximum Gasteiger partial charge on any atom is 0.508 e. The lowest BCUT2D eigenvalue weighted by Gasteiger charge is -2.32. The molecule has 2 heterocycles. The Morgan fingerprint density at radius 1 is 0.952 bits per heavy atom. The molecule has 1 aromatic carbocycles. The molecule has 1 saturated heterocycles. The molecule has 1 fully saturated rings. The lowest BCUT2D eigenvalue weighted by atomic mass is 9.65. The summed E-state index contributed by atoms with van der Waals surface area (Å²) in [6.45, 7) is 10.2. The molecule has 0 bridgehead atoms. The normalized spacial score (nSPS) is 30.1. The molecule has 0 aromatic heterocycles. The summed E-state index contributed by atoms with van der Waals surface area (Å²) in [5, 5.41) is 4.26. The highest BCUT2D eigenvalue weighted by molar-refractivity contribution is 6.50. The third-order valence-corrected chi connectivity index (χ3v) is 4.74. The minimum Gasteiger partial charge on any atom is -0.401 e. The maximum absolute atomic E-state index is 6.11. The Labute approximate surface area is 126 Å². The zero-order valence-electron chi connectivity index (χ0n) is 13.3. The second kappa shape index (κ2) is 4.58. The predicted octanol–water partition coefficient (Wildman–Crippen LogP) is 3.20. The van der Waals surface area contributed by atoms with E-state index in [0.717, 1.165) is 11.3 Å². The minimum atomic E-state index is -0.587. The average Bonchev–Trinajstić information content (AvgIpc) is 2.91. The topological polar surface area (TPSA) is 40.0 Å². The molecule has 5 heteroatoms. The molecule has 2 aliphatic heterocycles. The van der Waals surface area contributed by atoms with Gasteiger partial charge in [0.05, 0.1) is 16.9 Å². The molecule has 2 aliphatic rings. The Hall–Kier alpha value is -1.33. The summed E-state index contributed by atoms with van der Waals surface area (Å²) in [5.41, 5.74) is 0.709. The highest BCUT2D eigenvalue weighted by atomic mass is 16.7. The standard InChI is InChI=1S/C16H22BNO3/c1-14(2)15(3,4)20-17(19-14)16(5)11-13(18-21-16)12-9-7-6-8-10-12/h6-10H,11H2,1-5H3/t16-/m0/s1. The van der Waals surface area contributed by atoms with Crippen molar-refractivity contribution in [1.29, 1.82) is 0 Å². The van der Waals surface area contributed by atoms with Crippen LogP contribution in [0.15, 0.2) is 35.5 Å². The predicted molar refractivity (Wildman–Crippen MR) is 83.2 cm³/mol. The van der Waals surface area contributed by atoms with E-state index in [0.29, 0.717) is 6.42 Å². The van der Waals surface area contributed by atoms with Gasteiger partial charge in [-0.05, 0) is 40.2 Å². The van der Waals surface area contributed by atoms with Crippen molar-refractivity contribution in [3.8, 4) is 0 Å². The van der Waals surface area contributed by atoms with Crippen LogP contribution in [0, 0.1) is 0 Å². The van der Waals surface area contributed by atoms with Crippen LogP contribution in [-0.2, 0) is 14.1 Å². The van der Waals surface area contributed by atoms with Crippen molar-refractivity contribution in [2.45, 2.75) is 57.7 Å². The molecular formula is C16H22BNO3. The molecule has 1 aromatic rings. The van der Waals surface area contributed by atoms with Gasteiger partial charge in [-0.1, -0.05) is 35.5 Å². The summed E-state index contributed by atoms with van der Waals surface area (Å²) in [7, 11) is -0.424. The van der Waals surface area contributed by atoms with Crippen LogP contribution in [0.4, 0.5) is 0 Å². The zero-order valence-corrected chi connectivity index (χ0v) is 13.3. The van der Waals surface area contributed by atoms with Crippen molar-refractivity contribution >= 4 is 12.8 Å². The van der Waals surface area contributed by atoms with E-state index in [1.54, 1.807) is 0 Å².